The van der Waals surface area contributed by atoms with Gasteiger partial charge in [0.05, 0.1) is 29.5 Å². The number of hydrogen-bond acceptors (Lipinski definition) is 4. The van der Waals surface area contributed by atoms with Gasteiger partial charge in [0.2, 0.25) is 10.0 Å². The highest BCUT2D eigenvalue weighted by Gasteiger charge is 2.13. The fourth-order valence-corrected chi connectivity index (χ4v) is 3.10. The van der Waals surface area contributed by atoms with Gasteiger partial charge in [0, 0.05) is 12.6 Å². The summed E-state index contributed by atoms with van der Waals surface area (Å²) in [5.41, 5.74) is 3.84. The molecule has 7 nitrogen and oxygen atoms in total. The summed E-state index contributed by atoms with van der Waals surface area (Å²) in [5, 5.41) is 2.81. The average molecular weight is 372 g/mol. The van der Waals surface area contributed by atoms with E-state index >= 15 is 0 Å². The highest BCUT2D eigenvalue weighted by atomic mass is 32.2. The van der Waals surface area contributed by atoms with Crippen LogP contribution in [0, 0.1) is 6.92 Å². The van der Waals surface area contributed by atoms with Crippen molar-refractivity contribution in [3.63, 3.8) is 0 Å². The number of carbonyl (C=O) groups excluding carboxylic acids is 1. The largest absolute Gasteiger partial charge is 0.345 e. The normalized spacial score (nSPS) is 11.5. The fourth-order valence-electron chi connectivity index (χ4n) is 2.59. The van der Waals surface area contributed by atoms with Crippen LogP contribution in [0.5, 0.6) is 0 Å². The zero-order chi connectivity index (χ0) is 18.9. The first kappa shape index (κ1) is 17.9. The van der Waals surface area contributed by atoms with Crippen LogP contribution >= 0.6 is 0 Å². The molecule has 2 aromatic carbocycles. The first-order valence-corrected chi connectivity index (χ1v) is 9.87. The molecule has 0 unspecified atom stereocenters. The van der Waals surface area contributed by atoms with E-state index in [0.29, 0.717) is 17.1 Å². The van der Waals surface area contributed by atoms with Gasteiger partial charge in [-0.25, -0.2) is 13.4 Å². The van der Waals surface area contributed by atoms with Crippen molar-refractivity contribution in [2.45, 2.75) is 13.5 Å². The van der Waals surface area contributed by atoms with E-state index in [4.69, 9.17) is 0 Å². The number of hydrogen-bond donors (Lipinski definition) is 2. The molecule has 0 saturated heterocycles. The predicted molar refractivity (Wildman–Crippen MR) is 102 cm³/mol. The molecule has 0 aliphatic heterocycles. The number of H-pyrrole nitrogens is 1. The minimum atomic E-state index is -3.33. The number of nitrogens with one attached hydrogen (secondary N) is 2. The van der Waals surface area contributed by atoms with E-state index in [2.05, 4.69) is 15.3 Å². The summed E-state index contributed by atoms with van der Waals surface area (Å²) in [5.74, 6) is 0.423. The maximum Gasteiger partial charge on any atom is 0.251 e. The lowest BCUT2D eigenvalue weighted by Crippen LogP contribution is -2.25. The topological polar surface area (TPSA) is 95.2 Å². The number of imidazole rings is 1. The van der Waals surface area contributed by atoms with E-state index in [9.17, 15) is 13.2 Å². The van der Waals surface area contributed by atoms with Gasteiger partial charge in [-0.3, -0.25) is 9.10 Å². The number of fused-ring (bicyclic) bond motifs is 1. The summed E-state index contributed by atoms with van der Waals surface area (Å²) in [6, 6.07) is 12.3. The van der Waals surface area contributed by atoms with Crippen LogP contribution < -0.4 is 9.62 Å². The SMILES string of the molecule is Cc1cccc2[nH]c(CNC(=O)c3ccc(N(C)S(C)(=O)=O)cc3)nc12. The van der Waals surface area contributed by atoms with E-state index in [1.807, 2.05) is 25.1 Å². The highest BCUT2D eigenvalue weighted by Crippen LogP contribution is 2.17. The van der Waals surface area contributed by atoms with Crippen molar-refractivity contribution in [2.75, 3.05) is 17.6 Å². The summed E-state index contributed by atoms with van der Waals surface area (Å²) in [6.07, 6.45) is 1.13. The molecule has 0 fully saturated rings. The number of aromatic amines is 1. The van der Waals surface area contributed by atoms with Crippen LogP contribution in [0.25, 0.3) is 11.0 Å². The number of anilines is 1. The molecule has 0 spiro atoms. The van der Waals surface area contributed by atoms with Gasteiger partial charge in [-0.15, -0.1) is 0 Å². The minimum Gasteiger partial charge on any atom is -0.345 e. The van der Waals surface area contributed by atoms with Gasteiger partial charge >= 0.3 is 0 Å². The lowest BCUT2D eigenvalue weighted by Gasteiger charge is -2.16. The predicted octanol–water partition coefficient (Wildman–Crippen LogP) is 2.20. The van der Waals surface area contributed by atoms with Crippen LogP contribution in [-0.4, -0.2) is 37.6 Å². The standard InChI is InChI=1S/C18H20N4O3S/c1-12-5-4-6-15-17(12)21-16(20-15)11-19-18(23)13-7-9-14(10-8-13)22(2)26(3,24)25/h4-10H,11H2,1-3H3,(H,19,23)(H,20,21). The van der Waals surface area contributed by atoms with Crippen molar-refractivity contribution in [3.05, 3.63) is 59.4 Å². The van der Waals surface area contributed by atoms with Gasteiger partial charge in [0.25, 0.3) is 5.91 Å². The van der Waals surface area contributed by atoms with Crippen molar-refractivity contribution in [2.24, 2.45) is 0 Å². The Morgan fingerprint density at radius 3 is 2.50 bits per heavy atom. The molecule has 1 aromatic heterocycles. The molecule has 3 aromatic rings. The van der Waals surface area contributed by atoms with Gasteiger partial charge in [0.1, 0.15) is 5.82 Å². The number of aryl methyl sites for hydroxylation is 1. The summed E-state index contributed by atoms with van der Waals surface area (Å²) < 4.78 is 24.2. The van der Waals surface area contributed by atoms with E-state index < -0.39 is 10.0 Å². The Labute approximate surface area is 152 Å². The molecule has 1 heterocycles. The smallest absolute Gasteiger partial charge is 0.251 e. The summed E-state index contributed by atoms with van der Waals surface area (Å²) in [7, 11) is -1.86. The van der Waals surface area contributed by atoms with Crippen molar-refractivity contribution < 1.29 is 13.2 Å². The second-order valence-electron chi connectivity index (χ2n) is 6.11. The number of para-hydroxylation sites is 1. The molecule has 26 heavy (non-hydrogen) atoms. The van der Waals surface area contributed by atoms with Gasteiger partial charge in [-0.05, 0) is 42.8 Å². The molecular formula is C18H20N4O3S. The summed E-state index contributed by atoms with van der Waals surface area (Å²) in [4.78, 5) is 20.0. The molecule has 1 amide bonds. The molecule has 0 aliphatic rings. The van der Waals surface area contributed by atoms with E-state index in [1.165, 1.54) is 7.05 Å². The number of carbonyl (C=O) groups is 1. The van der Waals surface area contributed by atoms with Crippen molar-refractivity contribution in [1.82, 2.24) is 15.3 Å². The Kier molecular flexibility index (Phi) is 4.69. The average Bonchev–Trinajstić information content (AvgIpc) is 3.03. The van der Waals surface area contributed by atoms with Crippen LogP contribution in [0.4, 0.5) is 5.69 Å². The monoisotopic (exact) mass is 372 g/mol. The second-order valence-corrected chi connectivity index (χ2v) is 8.13. The Bertz CT molecular complexity index is 1060. The number of amides is 1. The Morgan fingerprint density at radius 2 is 1.88 bits per heavy atom. The molecular weight excluding hydrogens is 352 g/mol. The molecule has 136 valence electrons. The fraction of sp³-hybridized carbons (Fsp3) is 0.222. The number of aromatic nitrogens is 2. The molecule has 0 bridgehead atoms. The van der Waals surface area contributed by atoms with E-state index in [1.54, 1.807) is 24.3 Å². The minimum absolute atomic E-state index is 0.254. The van der Waals surface area contributed by atoms with Crippen LogP contribution in [0.3, 0.4) is 0 Å². The zero-order valence-corrected chi connectivity index (χ0v) is 15.6. The summed E-state index contributed by atoms with van der Waals surface area (Å²) in [6.45, 7) is 2.26. The Morgan fingerprint density at radius 1 is 1.19 bits per heavy atom. The second kappa shape index (κ2) is 6.80. The van der Waals surface area contributed by atoms with Gasteiger partial charge in [-0.1, -0.05) is 12.1 Å². The van der Waals surface area contributed by atoms with Crippen LogP contribution in [-0.2, 0) is 16.6 Å². The van der Waals surface area contributed by atoms with Gasteiger partial charge < -0.3 is 10.3 Å². The van der Waals surface area contributed by atoms with Crippen LogP contribution in [0.2, 0.25) is 0 Å². The maximum absolute atomic E-state index is 12.3. The lowest BCUT2D eigenvalue weighted by molar-refractivity contribution is 0.0950. The van der Waals surface area contributed by atoms with Gasteiger partial charge in [0.15, 0.2) is 0 Å². The number of benzene rings is 2. The molecule has 0 atom stereocenters. The zero-order valence-electron chi connectivity index (χ0n) is 14.8. The van der Waals surface area contributed by atoms with E-state index in [-0.39, 0.29) is 12.5 Å². The molecule has 8 heteroatoms. The molecule has 2 N–H and O–H groups in total. The number of sulfonamides is 1. The molecule has 0 aliphatic carbocycles. The third-order valence-electron chi connectivity index (χ3n) is 4.17. The molecule has 0 saturated carbocycles. The first-order chi connectivity index (χ1) is 12.3. The highest BCUT2D eigenvalue weighted by molar-refractivity contribution is 7.92. The quantitative estimate of drug-likeness (QED) is 0.718. The Balaban J connectivity index is 1.68. The van der Waals surface area contributed by atoms with Crippen LogP contribution in [0.15, 0.2) is 42.5 Å². The number of nitrogens with zero attached hydrogens (tertiary/aromatic N) is 2. The van der Waals surface area contributed by atoms with Crippen molar-refractivity contribution in [3.8, 4) is 0 Å². The maximum atomic E-state index is 12.3. The van der Waals surface area contributed by atoms with Crippen molar-refractivity contribution >= 4 is 32.7 Å². The van der Waals surface area contributed by atoms with Gasteiger partial charge in [-0.2, -0.15) is 0 Å². The van der Waals surface area contributed by atoms with Crippen molar-refractivity contribution in [1.29, 1.82) is 0 Å². The van der Waals surface area contributed by atoms with Crippen LogP contribution in [0.1, 0.15) is 21.7 Å². The lowest BCUT2D eigenvalue weighted by atomic mass is 10.2. The van der Waals surface area contributed by atoms with E-state index in [0.717, 1.165) is 27.2 Å². The third-order valence-corrected chi connectivity index (χ3v) is 5.38. The number of rotatable bonds is 5. The first-order valence-electron chi connectivity index (χ1n) is 8.02. The Hall–Kier alpha value is -2.87. The molecule has 0 radical (unpaired) electrons. The summed E-state index contributed by atoms with van der Waals surface area (Å²) >= 11 is 0. The third kappa shape index (κ3) is 3.70. The molecule has 3 rings (SSSR count).